The van der Waals surface area contributed by atoms with Gasteiger partial charge in [0.15, 0.2) is 5.78 Å². The molecule has 134 valence electrons. The number of carbonyl (C=O) groups excluding carboxylic acids is 2. The van der Waals surface area contributed by atoms with Crippen LogP contribution in [0.1, 0.15) is 58.3 Å². The number of hydrogen-bond acceptors (Lipinski definition) is 3. The maximum Gasteiger partial charge on any atom is 0.255 e. The molecule has 1 aliphatic heterocycles. The van der Waals surface area contributed by atoms with Crippen LogP contribution >= 0.6 is 0 Å². The van der Waals surface area contributed by atoms with Crippen molar-refractivity contribution in [2.45, 2.75) is 46.6 Å². The number of nitrogens with one attached hydrogen (secondary N) is 1. The molecule has 3 heterocycles. The summed E-state index contributed by atoms with van der Waals surface area (Å²) in [5, 5.41) is 4.24. The number of carbonyl (C=O) groups is 2. The first kappa shape index (κ1) is 17.5. The number of aromatic amines is 1. The van der Waals surface area contributed by atoms with Gasteiger partial charge in [0.25, 0.3) is 5.91 Å². The van der Waals surface area contributed by atoms with Crippen molar-refractivity contribution in [3.05, 3.63) is 41.0 Å². The summed E-state index contributed by atoms with van der Waals surface area (Å²) in [7, 11) is 0. The number of piperidine rings is 1. The summed E-state index contributed by atoms with van der Waals surface area (Å²) in [4.78, 5) is 29.6. The van der Waals surface area contributed by atoms with E-state index in [9.17, 15) is 9.59 Å². The van der Waals surface area contributed by atoms with Crippen LogP contribution in [0, 0.1) is 19.8 Å². The minimum atomic E-state index is -0.0306. The topological polar surface area (TPSA) is 71.0 Å². The van der Waals surface area contributed by atoms with E-state index in [1.807, 2.05) is 35.7 Å². The van der Waals surface area contributed by atoms with Gasteiger partial charge in [-0.3, -0.25) is 14.3 Å². The van der Waals surface area contributed by atoms with Crippen molar-refractivity contribution < 1.29 is 9.59 Å². The normalized spacial score (nSPS) is 15.6. The number of rotatable bonds is 5. The van der Waals surface area contributed by atoms with Crippen molar-refractivity contribution in [3.8, 4) is 0 Å². The van der Waals surface area contributed by atoms with Gasteiger partial charge in [0.1, 0.15) is 0 Å². The summed E-state index contributed by atoms with van der Waals surface area (Å²) in [5.41, 5.74) is 2.78. The molecule has 0 spiro atoms. The standard InChI is InChI=1S/C19H26N4O2/c1-13-17(14(2)21-18(13)15(3)24)19(25)22-10-5-16(6-11-22)7-12-23-9-4-8-20-23/h4,8-9,16,21H,5-7,10-12H2,1-3H3. The van der Waals surface area contributed by atoms with E-state index in [4.69, 9.17) is 0 Å². The van der Waals surface area contributed by atoms with Gasteiger partial charge in [0, 0.05) is 44.6 Å². The predicted octanol–water partition coefficient (Wildman–Crippen LogP) is 2.97. The lowest BCUT2D eigenvalue weighted by molar-refractivity contribution is 0.0683. The molecule has 2 aromatic rings. The second-order valence-electron chi connectivity index (χ2n) is 6.97. The SMILES string of the molecule is CC(=O)c1[nH]c(C)c(C(=O)N2CCC(CCn3cccn3)CC2)c1C. The minimum Gasteiger partial charge on any atom is -0.355 e. The monoisotopic (exact) mass is 342 g/mol. The van der Waals surface area contributed by atoms with Crippen molar-refractivity contribution in [1.82, 2.24) is 19.7 Å². The lowest BCUT2D eigenvalue weighted by Gasteiger charge is -2.32. The number of H-pyrrole nitrogens is 1. The van der Waals surface area contributed by atoms with Crippen molar-refractivity contribution in [2.24, 2.45) is 5.92 Å². The van der Waals surface area contributed by atoms with Crippen LogP contribution < -0.4 is 0 Å². The zero-order chi connectivity index (χ0) is 18.0. The van der Waals surface area contributed by atoms with E-state index in [0.717, 1.165) is 50.2 Å². The van der Waals surface area contributed by atoms with E-state index >= 15 is 0 Å². The highest BCUT2D eigenvalue weighted by Gasteiger charge is 2.27. The molecule has 1 amide bonds. The lowest BCUT2D eigenvalue weighted by Crippen LogP contribution is -2.39. The van der Waals surface area contributed by atoms with Crippen LogP contribution in [0.5, 0.6) is 0 Å². The van der Waals surface area contributed by atoms with Crippen LogP contribution in [0.4, 0.5) is 0 Å². The van der Waals surface area contributed by atoms with Crippen LogP contribution in [0.3, 0.4) is 0 Å². The minimum absolute atomic E-state index is 0.0306. The Morgan fingerprint density at radius 1 is 1.28 bits per heavy atom. The molecule has 1 aliphatic rings. The second-order valence-corrected chi connectivity index (χ2v) is 6.97. The number of hydrogen-bond donors (Lipinski definition) is 1. The Morgan fingerprint density at radius 2 is 2.00 bits per heavy atom. The molecule has 6 nitrogen and oxygen atoms in total. The van der Waals surface area contributed by atoms with Gasteiger partial charge in [-0.2, -0.15) is 5.10 Å². The Labute approximate surface area is 148 Å². The highest BCUT2D eigenvalue weighted by atomic mass is 16.2. The number of amides is 1. The average Bonchev–Trinajstić information content (AvgIpc) is 3.21. The number of nitrogens with zero attached hydrogens (tertiary/aromatic N) is 3. The molecule has 25 heavy (non-hydrogen) atoms. The van der Waals surface area contributed by atoms with E-state index in [-0.39, 0.29) is 11.7 Å². The molecule has 0 bridgehead atoms. The third kappa shape index (κ3) is 3.67. The largest absolute Gasteiger partial charge is 0.355 e. The fourth-order valence-corrected chi connectivity index (χ4v) is 3.75. The van der Waals surface area contributed by atoms with E-state index in [1.54, 1.807) is 6.20 Å². The third-order valence-electron chi connectivity index (χ3n) is 5.23. The Kier molecular flexibility index (Phi) is 5.06. The quantitative estimate of drug-likeness (QED) is 0.849. The second kappa shape index (κ2) is 7.25. The van der Waals surface area contributed by atoms with Gasteiger partial charge >= 0.3 is 0 Å². The van der Waals surface area contributed by atoms with Crippen LogP contribution in [0.2, 0.25) is 0 Å². The van der Waals surface area contributed by atoms with Crippen LogP contribution in [0.25, 0.3) is 0 Å². The van der Waals surface area contributed by atoms with E-state index < -0.39 is 0 Å². The first-order chi connectivity index (χ1) is 12.0. The van der Waals surface area contributed by atoms with Gasteiger partial charge in [-0.05, 0) is 50.7 Å². The average molecular weight is 342 g/mol. The van der Waals surface area contributed by atoms with Gasteiger partial charge in [-0.1, -0.05) is 0 Å². The molecule has 3 rings (SSSR count). The molecule has 1 saturated heterocycles. The summed E-state index contributed by atoms with van der Waals surface area (Å²) in [6.07, 6.45) is 6.94. The zero-order valence-corrected chi connectivity index (χ0v) is 15.2. The third-order valence-corrected chi connectivity index (χ3v) is 5.23. The summed E-state index contributed by atoms with van der Waals surface area (Å²) in [6.45, 7) is 7.74. The summed E-state index contributed by atoms with van der Waals surface area (Å²) in [5.74, 6) is 0.649. The van der Waals surface area contributed by atoms with E-state index in [0.29, 0.717) is 17.2 Å². The Hall–Kier alpha value is -2.37. The predicted molar refractivity (Wildman–Crippen MR) is 95.7 cm³/mol. The maximum atomic E-state index is 12.9. The number of aryl methyl sites for hydroxylation is 2. The first-order valence-corrected chi connectivity index (χ1v) is 8.94. The van der Waals surface area contributed by atoms with Crippen molar-refractivity contribution >= 4 is 11.7 Å². The van der Waals surface area contributed by atoms with E-state index in [1.165, 1.54) is 6.92 Å². The van der Waals surface area contributed by atoms with Gasteiger partial charge in [-0.25, -0.2) is 0 Å². The van der Waals surface area contributed by atoms with Gasteiger partial charge in [0.2, 0.25) is 0 Å². The maximum absolute atomic E-state index is 12.9. The number of ketones is 1. The van der Waals surface area contributed by atoms with Crippen LogP contribution in [-0.4, -0.2) is 44.4 Å². The molecular weight excluding hydrogens is 316 g/mol. The molecule has 6 heteroatoms. The van der Waals surface area contributed by atoms with Crippen molar-refractivity contribution in [1.29, 1.82) is 0 Å². The Bertz CT molecular complexity index is 753. The van der Waals surface area contributed by atoms with Crippen LogP contribution in [0.15, 0.2) is 18.5 Å². The smallest absolute Gasteiger partial charge is 0.255 e. The molecule has 1 fully saturated rings. The number of Topliss-reactive ketones (excluding diaryl/α,β-unsaturated/α-hetero) is 1. The fourth-order valence-electron chi connectivity index (χ4n) is 3.75. The Morgan fingerprint density at radius 3 is 2.56 bits per heavy atom. The molecule has 0 atom stereocenters. The fraction of sp³-hybridized carbons (Fsp3) is 0.526. The van der Waals surface area contributed by atoms with Gasteiger partial charge in [0.05, 0.1) is 11.3 Å². The van der Waals surface area contributed by atoms with Crippen molar-refractivity contribution in [3.63, 3.8) is 0 Å². The molecule has 0 unspecified atom stereocenters. The summed E-state index contributed by atoms with van der Waals surface area (Å²) < 4.78 is 1.97. The molecule has 0 saturated carbocycles. The highest BCUT2D eigenvalue weighted by molar-refractivity contribution is 6.02. The zero-order valence-electron chi connectivity index (χ0n) is 15.2. The molecule has 0 aliphatic carbocycles. The lowest BCUT2D eigenvalue weighted by atomic mass is 9.93. The number of aromatic nitrogens is 3. The molecule has 0 radical (unpaired) electrons. The van der Waals surface area contributed by atoms with Gasteiger partial charge < -0.3 is 9.88 Å². The molecule has 0 aromatic carbocycles. The molecular formula is C19H26N4O2. The number of likely N-dealkylation sites (tertiary alicyclic amines) is 1. The van der Waals surface area contributed by atoms with E-state index in [2.05, 4.69) is 10.1 Å². The molecule has 2 aromatic heterocycles. The van der Waals surface area contributed by atoms with Gasteiger partial charge in [-0.15, -0.1) is 0 Å². The first-order valence-electron chi connectivity index (χ1n) is 8.94. The van der Waals surface area contributed by atoms with Crippen LogP contribution in [-0.2, 0) is 6.54 Å². The highest BCUT2D eigenvalue weighted by Crippen LogP contribution is 2.25. The molecule has 1 N–H and O–H groups in total. The Balaban J connectivity index is 1.59. The summed E-state index contributed by atoms with van der Waals surface area (Å²) >= 11 is 0. The summed E-state index contributed by atoms with van der Waals surface area (Å²) in [6, 6.07) is 1.94. The van der Waals surface area contributed by atoms with Crippen molar-refractivity contribution in [2.75, 3.05) is 13.1 Å².